The molecule has 0 radical (unpaired) electrons. The first-order valence-corrected chi connectivity index (χ1v) is 7.95. The predicted octanol–water partition coefficient (Wildman–Crippen LogP) is 1.73. The van der Waals surface area contributed by atoms with Crippen molar-refractivity contribution < 1.29 is 18.9 Å². The van der Waals surface area contributed by atoms with Crippen molar-refractivity contribution in [2.45, 2.75) is 51.2 Å². The van der Waals surface area contributed by atoms with Gasteiger partial charge in [0.05, 0.1) is 45.7 Å². The van der Waals surface area contributed by atoms with Crippen molar-refractivity contribution in [2.75, 3.05) is 46.2 Å². The molecule has 1 fully saturated rings. The third kappa shape index (κ3) is 8.87. The number of unbranched alkanes of at least 4 members (excludes halogenated alkanes) is 1. The zero-order valence-electron chi connectivity index (χ0n) is 12.9. The van der Waals surface area contributed by atoms with E-state index in [1.807, 2.05) is 0 Å². The number of hydrogen-bond acceptors (Lipinski definition) is 5. The first-order chi connectivity index (χ1) is 9.84. The van der Waals surface area contributed by atoms with Crippen molar-refractivity contribution >= 4 is 0 Å². The second-order valence-corrected chi connectivity index (χ2v) is 5.19. The highest BCUT2D eigenvalue weighted by Gasteiger charge is 2.23. The Kier molecular flexibility index (Phi) is 11.2. The molecule has 0 spiro atoms. The fourth-order valence-electron chi connectivity index (χ4n) is 2.21. The van der Waals surface area contributed by atoms with E-state index in [4.69, 9.17) is 24.7 Å². The Hall–Kier alpha value is -0.200. The molecule has 1 aliphatic rings. The van der Waals surface area contributed by atoms with Crippen LogP contribution in [0.1, 0.15) is 39.0 Å². The van der Waals surface area contributed by atoms with E-state index in [0.29, 0.717) is 39.6 Å². The number of ether oxygens (including phenoxy) is 4. The van der Waals surface area contributed by atoms with E-state index in [2.05, 4.69) is 6.92 Å². The number of hydrogen-bond donors (Lipinski definition) is 1. The lowest BCUT2D eigenvalue weighted by Gasteiger charge is -2.16. The first kappa shape index (κ1) is 17.9. The summed E-state index contributed by atoms with van der Waals surface area (Å²) in [7, 11) is 0. The summed E-state index contributed by atoms with van der Waals surface area (Å²) in [5, 5.41) is 0. The second kappa shape index (κ2) is 12.5. The maximum Gasteiger partial charge on any atom is 0.0727 e. The minimum atomic E-state index is 0.214. The van der Waals surface area contributed by atoms with E-state index in [-0.39, 0.29) is 12.1 Å². The van der Waals surface area contributed by atoms with Crippen LogP contribution in [0.2, 0.25) is 0 Å². The molecule has 0 heterocycles. The molecule has 120 valence electrons. The molecule has 2 atom stereocenters. The SMILES string of the molecule is CCCCOCCOCCOCCOC1CCCC1N. The monoisotopic (exact) mass is 289 g/mol. The molecule has 1 saturated carbocycles. The van der Waals surface area contributed by atoms with E-state index in [9.17, 15) is 0 Å². The minimum absolute atomic E-state index is 0.214. The van der Waals surface area contributed by atoms with Gasteiger partial charge in [0.25, 0.3) is 0 Å². The predicted molar refractivity (Wildman–Crippen MR) is 78.9 cm³/mol. The van der Waals surface area contributed by atoms with Crippen LogP contribution in [0.25, 0.3) is 0 Å². The summed E-state index contributed by atoms with van der Waals surface area (Å²) in [4.78, 5) is 0. The van der Waals surface area contributed by atoms with Gasteiger partial charge in [0, 0.05) is 12.6 Å². The molecule has 0 bridgehead atoms. The average Bonchev–Trinajstić information content (AvgIpc) is 2.85. The van der Waals surface area contributed by atoms with Crippen LogP contribution < -0.4 is 5.73 Å². The smallest absolute Gasteiger partial charge is 0.0727 e. The van der Waals surface area contributed by atoms with Gasteiger partial charge in [0.1, 0.15) is 0 Å². The van der Waals surface area contributed by atoms with Gasteiger partial charge in [-0.1, -0.05) is 13.3 Å². The summed E-state index contributed by atoms with van der Waals surface area (Å²) >= 11 is 0. The molecule has 0 aromatic heterocycles. The van der Waals surface area contributed by atoms with Gasteiger partial charge >= 0.3 is 0 Å². The summed E-state index contributed by atoms with van der Waals surface area (Å²) in [6.45, 7) is 6.74. The highest BCUT2D eigenvalue weighted by Crippen LogP contribution is 2.19. The Labute approximate surface area is 123 Å². The normalized spacial score (nSPS) is 22.5. The highest BCUT2D eigenvalue weighted by atomic mass is 16.6. The third-order valence-corrected chi connectivity index (χ3v) is 3.45. The van der Waals surface area contributed by atoms with Crippen LogP contribution in [-0.2, 0) is 18.9 Å². The van der Waals surface area contributed by atoms with Gasteiger partial charge in [0.15, 0.2) is 0 Å². The van der Waals surface area contributed by atoms with Crippen LogP contribution in [0.3, 0.4) is 0 Å². The molecule has 1 aliphatic carbocycles. The molecular formula is C15H31NO4. The van der Waals surface area contributed by atoms with E-state index in [0.717, 1.165) is 25.9 Å². The van der Waals surface area contributed by atoms with Gasteiger partial charge in [0.2, 0.25) is 0 Å². The maximum absolute atomic E-state index is 5.92. The molecule has 2 unspecified atom stereocenters. The molecule has 0 aromatic carbocycles. The lowest BCUT2D eigenvalue weighted by Crippen LogP contribution is -2.32. The maximum atomic E-state index is 5.92. The van der Waals surface area contributed by atoms with E-state index < -0.39 is 0 Å². The summed E-state index contributed by atoms with van der Waals surface area (Å²) in [5.74, 6) is 0. The Bertz CT molecular complexity index is 216. The lowest BCUT2D eigenvalue weighted by atomic mass is 10.2. The molecule has 20 heavy (non-hydrogen) atoms. The van der Waals surface area contributed by atoms with Crippen molar-refractivity contribution in [3.63, 3.8) is 0 Å². The zero-order chi connectivity index (χ0) is 14.5. The fraction of sp³-hybridized carbons (Fsp3) is 1.00. The molecule has 0 aliphatic heterocycles. The first-order valence-electron chi connectivity index (χ1n) is 7.95. The van der Waals surface area contributed by atoms with Crippen LogP contribution in [0.15, 0.2) is 0 Å². The van der Waals surface area contributed by atoms with Gasteiger partial charge in [-0.15, -0.1) is 0 Å². The molecule has 5 heteroatoms. The van der Waals surface area contributed by atoms with Crippen LogP contribution in [0.4, 0.5) is 0 Å². The Balaban J connectivity index is 1.72. The highest BCUT2D eigenvalue weighted by molar-refractivity contribution is 4.80. The zero-order valence-corrected chi connectivity index (χ0v) is 12.9. The van der Waals surface area contributed by atoms with Crippen molar-refractivity contribution in [1.82, 2.24) is 0 Å². The quantitative estimate of drug-likeness (QED) is 0.523. The van der Waals surface area contributed by atoms with Gasteiger partial charge in [-0.05, 0) is 25.7 Å². The Morgan fingerprint density at radius 2 is 1.45 bits per heavy atom. The lowest BCUT2D eigenvalue weighted by molar-refractivity contribution is -0.0202. The van der Waals surface area contributed by atoms with Crippen LogP contribution >= 0.6 is 0 Å². The van der Waals surface area contributed by atoms with Crippen molar-refractivity contribution in [1.29, 1.82) is 0 Å². The van der Waals surface area contributed by atoms with Gasteiger partial charge in [-0.25, -0.2) is 0 Å². The van der Waals surface area contributed by atoms with E-state index in [1.54, 1.807) is 0 Å². The van der Waals surface area contributed by atoms with Gasteiger partial charge < -0.3 is 24.7 Å². The molecule has 0 amide bonds. The van der Waals surface area contributed by atoms with Crippen LogP contribution in [-0.4, -0.2) is 58.4 Å². The molecule has 0 aromatic rings. The summed E-state index contributed by atoms with van der Waals surface area (Å²) in [6, 6.07) is 0.214. The number of nitrogens with two attached hydrogens (primary N) is 1. The molecule has 0 saturated heterocycles. The van der Waals surface area contributed by atoms with Crippen molar-refractivity contribution in [3.8, 4) is 0 Å². The van der Waals surface area contributed by atoms with E-state index >= 15 is 0 Å². The Morgan fingerprint density at radius 3 is 2.00 bits per heavy atom. The fourth-order valence-corrected chi connectivity index (χ4v) is 2.21. The molecule has 2 N–H and O–H groups in total. The topological polar surface area (TPSA) is 62.9 Å². The van der Waals surface area contributed by atoms with Crippen LogP contribution in [0, 0.1) is 0 Å². The Morgan fingerprint density at radius 1 is 0.850 bits per heavy atom. The molecule has 1 rings (SSSR count). The minimum Gasteiger partial charge on any atom is -0.379 e. The molecule has 5 nitrogen and oxygen atoms in total. The summed E-state index contributed by atoms with van der Waals surface area (Å²) < 4.78 is 21.9. The van der Waals surface area contributed by atoms with Crippen LogP contribution in [0.5, 0.6) is 0 Å². The average molecular weight is 289 g/mol. The summed E-state index contributed by atoms with van der Waals surface area (Å²) in [6.07, 6.45) is 5.87. The van der Waals surface area contributed by atoms with Gasteiger partial charge in [-0.2, -0.15) is 0 Å². The van der Waals surface area contributed by atoms with Crippen molar-refractivity contribution in [3.05, 3.63) is 0 Å². The van der Waals surface area contributed by atoms with E-state index in [1.165, 1.54) is 12.8 Å². The second-order valence-electron chi connectivity index (χ2n) is 5.19. The number of rotatable bonds is 13. The standard InChI is InChI=1S/C15H31NO4/c1-2-3-7-17-8-9-18-10-11-19-12-13-20-15-6-4-5-14(15)16/h14-15H,2-13,16H2,1H3. The third-order valence-electron chi connectivity index (χ3n) is 3.45. The van der Waals surface area contributed by atoms with Gasteiger partial charge in [-0.3, -0.25) is 0 Å². The largest absolute Gasteiger partial charge is 0.379 e. The summed E-state index contributed by atoms with van der Waals surface area (Å²) in [5.41, 5.74) is 5.92. The molecular weight excluding hydrogens is 258 g/mol. The van der Waals surface area contributed by atoms with Crippen molar-refractivity contribution in [2.24, 2.45) is 5.73 Å².